The molecule has 196 valence electrons. The van der Waals surface area contributed by atoms with Gasteiger partial charge in [-0.05, 0) is 39.2 Å². The third kappa shape index (κ3) is 8.60. The molecule has 0 amide bonds. The second-order valence-corrected chi connectivity index (χ2v) is 8.64. The van der Waals surface area contributed by atoms with Crippen molar-refractivity contribution in [3.63, 3.8) is 0 Å². The zero-order chi connectivity index (χ0) is 27.3. The van der Waals surface area contributed by atoms with Crippen LogP contribution in [0.4, 0.5) is 11.5 Å². The van der Waals surface area contributed by atoms with E-state index in [-0.39, 0.29) is 0 Å². The number of aryl methyl sites for hydroxylation is 2. The fourth-order valence-electron chi connectivity index (χ4n) is 3.00. The lowest BCUT2D eigenvalue weighted by Crippen LogP contribution is -2.25. The number of nitrogens with one attached hydrogen (secondary N) is 2. The number of aromatic amines is 1. The van der Waals surface area contributed by atoms with Crippen LogP contribution in [0.25, 0.3) is 0 Å². The summed E-state index contributed by atoms with van der Waals surface area (Å²) in [7, 11) is 5.15. The monoisotopic (exact) mass is 512 g/mol. The van der Waals surface area contributed by atoms with Gasteiger partial charge in [0.15, 0.2) is 17.4 Å². The number of nitrogens with two attached hydrogens (primary N) is 1. The molecule has 0 aliphatic rings. The van der Waals surface area contributed by atoms with E-state index in [1.807, 2.05) is 57.2 Å². The number of allylic oxidation sites excluding steroid dienone is 1. The molecular weight excluding hydrogens is 472 g/mol. The van der Waals surface area contributed by atoms with Crippen LogP contribution in [-0.2, 0) is 4.74 Å². The van der Waals surface area contributed by atoms with E-state index in [0.717, 1.165) is 22.1 Å². The van der Waals surface area contributed by atoms with Gasteiger partial charge in [0, 0.05) is 49.4 Å². The van der Waals surface area contributed by atoms with E-state index in [0.29, 0.717) is 34.4 Å². The third-order valence-electron chi connectivity index (χ3n) is 4.80. The van der Waals surface area contributed by atoms with Crippen molar-refractivity contribution in [2.24, 2.45) is 15.7 Å². The van der Waals surface area contributed by atoms with Crippen molar-refractivity contribution < 1.29 is 4.74 Å². The summed E-state index contributed by atoms with van der Waals surface area (Å²) in [5, 5.41) is 11.4. The van der Waals surface area contributed by atoms with E-state index in [1.165, 1.54) is 12.6 Å². The Balaban J connectivity index is 0.00000205. The predicted molar refractivity (Wildman–Crippen MR) is 155 cm³/mol. The van der Waals surface area contributed by atoms with E-state index in [9.17, 15) is 0 Å². The highest BCUT2D eigenvalue weighted by molar-refractivity contribution is 7.98. The maximum Gasteiger partial charge on any atom is 0.176 e. The van der Waals surface area contributed by atoms with Crippen LogP contribution >= 0.6 is 11.8 Å². The van der Waals surface area contributed by atoms with Crippen LogP contribution in [0.5, 0.6) is 0 Å². The zero-order valence-electron chi connectivity index (χ0n) is 22.9. The molecule has 0 fully saturated rings. The van der Waals surface area contributed by atoms with Gasteiger partial charge in [-0.3, -0.25) is 10.1 Å². The topological polar surface area (TPSA) is 117 Å². The van der Waals surface area contributed by atoms with Crippen LogP contribution in [0.3, 0.4) is 0 Å². The number of ether oxygens (including phenoxy) is 1. The molecule has 2 aromatic heterocycles. The van der Waals surface area contributed by atoms with Gasteiger partial charge < -0.3 is 20.7 Å². The van der Waals surface area contributed by atoms with E-state index >= 15 is 0 Å². The molecule has 0 saturated carbocycles. The maximum absolute atomic E-state index is 5.79. The molecule has 36 heavy (non-hydrogen) atoms. The molecule has 0 bridgehead atoms. The van der Waals surface area contributed by atoms with Gasteiger partial charge >= 0.3 is 0 Å². The normalized spacial score (nSPS) is 12.6. The van der Waals surface area contributed by atoms with Gasteiger partial charge in [0.05, 0.1) is 23.5 Å². The molecule has 2 heterocycles. The molecule has 0 atom stereocenters. The van der Waals surface area contributed by atoms with Crippen molar-refractivity contribution in [1.29, 1.82) is 0 Å². The molecule has 9 nitrogen and oxygen atoms in total. The van der Waals surface area contributed by atoms with Gasteiger partial charge in [-0.2, -0.15) is 5.10 Å². The smallest absolute Gasteiger partial charge is 0.176 e. The van der Waals surface area contributed by atoms with E-state index in [1.54, 1.807) is 32.1 Å². The summed E-state index contributed by atoms with van der Waals surface area (Å²) in [4.78, 5) is 15.5. The lowest BCUT2D eigenvalue weighted by atomic mass is 10.1. The van der Waals surface area contributed by atoms with E-state index in [4.69, 9.17) is 15.5 Å². The van der Waals surface area contributed by atoms with E-state index < -0.39 is 0 Å². The molecule has 0 saturated heterocycles. The van der Waals surface area contributed by atoms with E-state index in [2.05, 4.69) is 45.9 Å². The van der Waals surface area contributed by atoms with Crippen molar-refractivity contribution in [2.75, 3.05) is 37.7 Å². The molecule has 0 spiro atoms. The van der Waals surface area contributed by atoms with Crippen LogP contribution in [0.15, 0.2) is 68.7 Å². The molecule has 0 unspecified atom stereocenters. The predicted octanol–water partition coefficient (Wildman–Crippen LogP) is 5.44. The first kappa shape index (κ1) is 30.5. The van der Waals surface area contributed by atoms with Crippen molar-refractivity contribution in [2.45, 2.75) is 46.1 Å². The fraction of sp³-hybridized carbons (Fsp3) is 0.385. The number of hydrogen-bond donors (Lipinski definition) is 3. The number of aliphatic imine (C=N–C) groups is 2. The average molecular weight is 513 g/mol. The quantitative estimate of drug-likeness (QED) is 0.135. The highest BCUT2D eigenvalue weighted by atomic mass is 32.2. The Morgan fingerprint density at radius 1 is 1.33 bits per heavy atom. The number of amidine groups is 1. The summed E-state index contributed by atoms with van der Waals surface area (Å²) < 4.78 is 5.70. The summed E-state index contributed by atoms with van der Waals surface area (Å²) in [5.41, 5.74) is 9.69. The van der Waals surface area contributed by atoms with Gasteiger partial charge in [0.25, 0.3) is 0 Å². The SMILES string of the molecule is C=C(/C(C=NC)=C/N)/C(OC)=C(\N=C(/C)N(C)c1ccc(SC)nc1C)Nc1cc(C)[nH]n1.CCC. The summed E-state index contributed by atoms with van der Waals surface area (Å²) >= 11 is 1.60. The minimum absolute atomic E-state index is 0.410. The third-order valence-corrected chi connectivity index (χ3v) is 5.45. The standard InChI is InChI=1S/C23H32N8OS.C3H8/c1-14-11-20(30-29-14)28-23(22(32-7)15(2)18(12-24)13-25-5)27-17(4)31(6)19-9-10-21(33-8)26-16(19)3;1-3-2/h9-13H,2,24H2,1,3-8H3,(H2,28,29,30);3H2,1-2H3/b18-12+,23-22-,25-13?,27-17+;. The van der Waals surface area contributed by atoms with Gasteiger partial charge in [-0.15, -0.1) is 11.8 Å². The summed E-state index contributed by atoms with van der Waals surface area (Å²) in [6.45, 7) is 14.2. The highest BCUT2D eigenvalue weighted by Crippen LogP contribution is 2.25. The number of nitrogens with zero attached hydrogens (tertiary/aromatic N) is 5. The number of hydrogen-bond acceptors (Lipinski definition) is 8. The molecule has 4 N–H and O–H groups in total. The number of rotatable bonds is 9. The molecule has 0 aromatic carbocycles. The second-order valence-electron chi connectivity index (χ2n) is 7.81. The van der Waals surface area contributed by atoms with Crippen molar-refractivity contribution >= 4 is 35.3 Å². The maximum atomic E-state index is 5.79. The number of pyridine rings is 1. The van der Waals surface area contributed by atoms with Crippen LogP contribution in [0.1, 0.15) is 38.6 Å². The molecule has 10 heteroatoms. The minimum Gasteiger partial charge on any atom is -0.492 e. The number of H-pyrrole nitrogens is 1. The summed E-state index contributed by atoms with van der Waals surface area (Å²) in [6.07, 6.45) is 6.29. The van der Waals surface area contributed by atoms with Crippen molar-refractivity contribution in [1.82, 2.24) is 15.2 Å². The Morgan fingerprint density at radius 3 is 2.47 bits per heavy atom. The Bertz CT molecular complexity index is 1130. The first-order chi connectivity index (χ1) is 17.2. The van der Waals surface area contributed by atoms with Crippen LogP contribution in [-0.4, -0.2) is 54.7 Å². The zero-order valence-corrected chi connectivity index (χ0v) is 23.7. The van der Waals surface area contributed by atoms with Crippen molar-refractivity contribution in [3.05, 3.63) is 65.1 Å². The molecule has 2 rings (SSSR count). The first-order valence-electron chi connectivity index (χ1n) is 11.6. The van der Waals surface area contributed by atoms with Gasteiger partial charge in [0.1, 0.15) is 5.84 Å². The van der Waals surface area contributed by atoms with Gasteiger partial charge in [-0.25, -0.2) is 9.98 Å². The van der Waals surface area contributed by atoms with Crippen molar-refractivity contribution in [3.8, 4) is 0 Å². The summed E-state index contributed by atoms with van der Waals surface area (Å²) in [6, 6.07) is 5.89. The van der Waals surface area contributed by atoms with Gasteiger partial charge in [0.2, 0.25) is 0 Å². The summed E-state index contributed by atoms with van der Waals surface area (Å²) in [5.74, 6) is 2.13. The Hall–Kier alpha value is -3.53. The highest BCUT2D eigenvalue weighted by Gasteiger charge is 2.17. The lowest BCUT2D eigenvalue weighted by Gasteiger charge is -2.22. The Labute approximate surface area is 219 Å². The van der Waals surface area contributed by atoms with Crippen LogP contribution < -0.4 is 16.0 Å². The minimum atomic E-state index is 0.410. The van der Waals surface area contributed by atoms with Crippen LogP contribution in [0.2, 0.25) is 0 Å². The molecular formula is C26H40N8OS. The fourth-order valence-corrected chi connectivity index (χ4v) is 3.44. The average Bonchev–Trinajstić information content (AvgIpc) is 3.27. The number of aromatic nitrogens is 3. The molecule has 0 radical (unpaired) electrons. The largest absolute Gasteiger partial charge is 0.492 e. The number of methoxy groups -OCH3 is 1. The Kier molecular flexibility index (Phi) is 13.1. The Morgan fingerprint density at radius 2 is 2.00 bits per heavy atom. The number of thioether (sulfide) groups is 1. The number of anilines is 2. The van der Waals surface area contributed by atoms with Crippen LogP contribution in [0, 0.1) is 13.8 Å². The van der Waals surface area contributed by atoms with Gasteiger partial charge in [-0.1, -0.05) is 26.8 Å². The molecule has 0 aliphatic heterocycles. The lowest BCUT2D eigenvalue weighted by molar-refractivity contribution is 0.298. The molecule has 2 aromatic rings. The first-order valence-corrected chi connectivity index (χ1v) is 12.8. The second kappa shape index (κ2) is 15.5. The molecule has 0 aliphatic carbocycles.